The lowest BCUT2D eigenvalue weighted by Gasteiger charge is -2.12. The van der Waals surface area contributed by atoms with Gasteiger partial charge in [0.2, 0.25) is 0 Å². The zero-order chi connectivity index (χ0) is 16.9. The SMILES string of the molecule is COc1ccc(C(=O)Nc2cccc3cn[nH]c23)cc1OCCO. The average Bonchev–Trinajstić information content (AvgIpc) is 3.09. The second-order valence-electron chi connectivity index (χ2n) is 5.03. The van der Waals surface area contributed by atoms with Crippen molar-refractivity contribution in [1.82, 2.24) is 10.2 Å². The van der Waals surface area contributed by atoms with E-state index in [2.05, 4.69) is 15.5 Å². The maximum Gasteiger partial charge on any atom is 0.255 e. The van der Waals surface area contributed by atoms with Crippen molar-refractivity contribution in [2.75, 3.05) is 25.6 Å². The Kier molecular flexibility index (Phi) is 4.62. The van der Waals surface area contributed by atoms with E-state index in [4.69, 9.17) is 14.6 Å². The lowest BCUT2D eigenvalue weighted by atomic mass is 10.1. The van der Waals surface area contributed by atoms with Crippen LogP contribution in [0.2, 0.25) is 0 Å². The summed E-state index contributed by atoms with van der Waals surface area (Å²) >= 11 is 0. The molecule has 0 saturated heterocycles. The molecule has 0 radical (unpaired) electrons. The number of fused-ring (bicyclic) bond motifs is 1. The van der Waals surface area contributed by atoms with E-state index in [-0.39, 0.29) is 19.1 Å². The Balaban J connectivity index is 1.85. The van der Waals surface area contributed by atoms with Crippen molar-refractivity contribution in [2.45, 2.75) is 0 Å². The lowest BCUT2D eigenvalue weighted by molar-refractivity contribution is 0.102. The summed E-state index contributed by atoms with van der Waals surface area (Å²) in [5, 5.41) is 19.5. The van der Waals surface area contributed by atoms with Crippen molar-refractivity contribution in [1.29, 1.82) is 0 Å². The Morgan fingerprint density at radius 3 is 2.96 bits per heavy atom. The topological polar surface area (TPSA) is 96.5 Å². The van der Waals surface area contributed by atoms with Gasteiger partial charge in [-0.1, -0.05) is 12.1 Å². The van der Waals surface area contributed by atoms with Gasteiger partial charge in [-0.25, -0.2) is 0 Å². The summed E-state index contributed by atoms with van der Waals surface area (Å²) in [6.07, 6.45) is 1.69. The number of aliphatic hydroxyl groups is 1. The summed E-state index contributed by atoms with van der Waals surface area (Å²) in [6.45, 7) is -0.00369. The maximum atomic E-state index is 12.5. The molecule has 0 bridgehead atoms. The first-order valence-electron chi connectivity index (χ1n) is 7.38. The van der Waals surface area contributed by atoms with E-state index in [1.807, 2.05) is 12.1 Å². The fourth-order valence-electron chi connectivity index (χ4n) is 2.35. The van der Waals surface area contributed by atoms with Gasteiger partial charge in [0, 0.05) is 10.9 Å². The number of aromatic amines is 1. The minimum absolute atomic E-state index is 0.120. The van der Waals surface area contributed by atoms with E-state index in [1.165, 1.54) is 7.11 Å². The summed E-state index contributed by atoms with van der Waals surface area (Å²) in [5.74, 6) is 0.614. The predicted molar refractivity (Wildman–Crippen MR) is 89.6 cm³/mol. The maximum absolute atomic E-state index is 12.5. The molecular weight excluding hydrogens is 310 g/mol. The number of benzene rings is 2. The molecule has 0 aliphatic heterocycles. The minimum Gasteiger partial charge on any atom is -0.493 e. The largest absolute Gasteiger partial charge is 0.493 e. The van der Waals surface area contributed by atoms with Crippen LogP contribution < -0.4 is 14.8 Å². The summed E-state index contributed by atoms with van der Waals surface area (Å²) in [4.78, 5) is 12.5. The van der Waals surface area contributed by atoms with Crippen LogP contribution in [-0.2, 0) is 0 Å². The third-order valence-electron chi connectivity index (χ3n) is 3.50. The molecule has 1 amide bonds. The van der Waals surface area contributed by atoms with Crippen LogP contribution in [0.3, 0.4) is 0 Å². The Hall–Kier alpha value is -3.06. The fraction of sp³-hybridized carbons (Fsp3) is 0.176. The van der Waals surface area contributed by atoms with Crippen LogP contribution in [-0.4, -0.2) is 41.5 Å². The average molecular weight is 327 g/mol. The second kappa shape index (κ2) is 7.01. The van der Waals surface area contributed by atoms with E-state index < -0.39 is 0 Å². The Bertz CT molecular complexity index is 860. The molecule has 1 aromatic heterocycles. The number of para-hydroxylation sites is 1. The molecule has 0 saturated carbocycles. The number of carbonyl (C=O) groups excluding carboxylic acids is 1. The van der Waals surface area contributed by atoms with Crippen molar-refractivity contribution >= 4 is 22.5 Å². The van der Waals surface area contributed by atoms with Gasteiger partial charge in [-0.15, -0.1) is 0 Å². The van der Waals surface area contributed by atoms with Gasteiger partial charge in [0.25, 0.3) is 5.91 Å². The van der Waals surface area contributed by atoms with Gasteiger partial charge in [0.15, 0.2) is 11.5 Å². The zero-order valence-corrected chi connectivity index (χ0v) is 13.1. The third-order valence-corrected chi connectivity index (χ3v) is 3.50. The van der Waals surface area contributed by atoms with Crippen molar-refractivity contribution in [3.05, 3.63) is 48.2 Å². The predicted octanol–water partition coefficient (Wildman–Crippen LogP) is 2.19. The first kappa shape index (κ1) is 15.8. The number of amides is 1. The molecule has 3 aromatic rings. The van der Waals surface area contributed by atoms with Crippen molar-refractivity contribution in [3.8, 4) is 11.5 Å². The lowest BCUT2D eigenvalue weighted by Crippen LogP contribution is -2.13. The van der Waals surface area contributed by atoms with E-state index in [9.17, 15) is 4.79 Å². The second-order valence-corrected chi connectivity index (χ2v) is 5.03. The van der Waals surface area contributed by atoms with Gasteiger partial charge < -0.3 is 19.9 Å². The molecule has 2 aromatic carbocycles. The molecular formula is C17H17N3O4. The third kappa shape index (κ3) is 3.16. The number of rotatable bonds is 6. The summed E-state index contributed by atoms with van der Waals surface area (Å²) in [7, 11) is 1.51. The van der Waals surface area contributed by atoms with E-state index in [0.29, 0.717) is 22.7 Å². The number of nitrogens with zero attached hydrogens (tertiary/aromatic N) is 1. The highest BCUT2D eigenvalue weighted by Crippen LogP contribution is 2.29. The van der Waals surface area contributed by atoms with Crippen molar-refractivity contribution in [3.63, 3.8) is 0 Å². The van der Waals surface area contributed by atoms with Gasteiger partial charge >= 0.3 is 0 Å². The number of anilines is 1. The first-order chi connectivity index (χ1) is 11.7. The smallest absolute Gasteiger partial charge is 0.255 e. The van der Waals surface area contributed by atoms with Gasteiger partial charge in [0.1, 0.15) is 6.61 Å². The molecule has 0 aliphatic rings. The van der Waals surface area contributed by atoms with Crippen molar-refractivity contribution < 1.29 is 19.4 Å². The number of aromatic nitrogens is 2. The van der Waals surface area contributed by atoms with Crippen LogP contribution >= 0.6 is 0 Å². The highest BCUT2D eigenvalue weighted by molar-refractivity contribution is 6.08. The monoisotopic (exact) mass is 327 g/mol. The van der Waals surface area contributed by atoms with Gasteiger partial charge in [-0.3, -0.25) is 9.89 Å². The molecule has 1 heterocycles. The van der Waals surface area contributed by atoms with Crippen LogP contribution in [0.25, 0.3) is 10.9 Å². The highest BCUT2D eigenvalue weighted by Gasteiger charge is 2.13. The van der Waals surface area contributed by atoms with E-state index >= 15 is 0 Å². The van der Waals surface area contributed by atoms with Crippen LogP contribution in [0, 0.1) is 0 Å². The number of methoxy groups -OCH3 is 1. The van der Waals surface area contributed by atoms with Crippen molar-refractivity contribution in [2.24, 2.45) is 0 Å². The van der Waals surface area contributed by atoms with E-state index in [1.54, 1.807) is 30.5 Å². The molecule has 0 spiro atoms. The van der Waals surface area contributed by atoms with Gasteiger partial charge in [-0.05, 0) is 24.3 Å². The number of carbonyl (C=O) groups is 1. The Morgan fingerprint density at radius 2 is 2.17 bits per heavy atom. The summed E-state index contributed by atoms with van der Waals surface area (Å²) < 4.78 is 10.6. The standard InChI is InChI=1S/C17H17N3O4/c1-23-14-6-5-11(9-15(14)24-8-7-21)17(22)19-13-4-2-3-12-10-18-20-16(12)13/h2-6,9-10,21H,7-8H2,1H3,(H,18,20)(H,19,22). The molecule has 0 fully saturated rings. The van der Waals surface area contributed by atoms with Crippen LogP contribution in [0.4, 0.5) is 5.69 Å². The number of nitrogens with one attached hydrogen (secondary N) is 2. The molecule has 7 nitrogen and oxygen atoms in total. The molecule has 0 aliphatic carbocycles. The number of hydrogen-bond donors (Lipinski definition) is 3. The Morgan fingerprint density at radius 1 is 1.29 bits per heavy atom. The fourth-order valence-corrected chi connectivity index (χ4v) is 2.35. The molecule has 0 unspecified atom stereocenters. The first-order valence-corrected chi connectivity index (χ1v) is 7.38. The van der Waals surface area contributed by atoms with Crippen LogP contribution in [0.5, 0.6) is 11.5 Å². The number of ether oxygens (including phenoxy) is 2. The van der Waals surface area contributed by atoms with Crippen LogP contribution in [0.1, 0.15) is 10.4 Å². The Labute approximate surface area is 138 Å². The zero-order valence-electron chi connectivity index (χ0n) is 13.1. The number of aliphatic hydroxyl groups excluding tert-OH is 1. The minimum atomic E-state index is -0.284. The van der Waals surface area contributed by atoms with Crippen LogP contribution in [0.15, 0.2) is 42.6 Å². The molecule has 24 heavy (non-hydrogen) atoms. The molecule has 7 heteroatoms. The van der Waals surface area contributed by atoms with E-state index in [0.717, 1.165) is 10.9 Å². The molecule has 0 atom stereocenters. The number of hydrogen-bond acceptors (Lipinski definition) is 5. The number of H-pyrrole nitrogens is 1. The normalized spacial score (nSPS) is 10.6. The van der Waals surface area contributed by atoms with Gasteiger partial charge in [-0.2, -0.15) is 5.10 Å². The summed E-state index contributed by atoms with van der Waals surface area (Å²) in [6, 6.07) is 10.4. The quantitative estimate of drug-likeness (QED) is 0.645. The summed E-state index contributed by atoms with van der Waals surface area (Å²) in [5.41, 5.74) is 1.82. The van der Waals surface area contributed by atoms with Gasteiger partial charge in [0.05, 0.1) is 31.1 Å². The molecule has 3 N–H and O–H groups in total. The highest BCUT2D eigenvalue weighted by atomic mass is 16.5. The molecule has 3 rings (SSSR count). The molecule has 124 valence electrons.